The maximum Gasteiger partial charge on any atom is 0.252 e. The molecule has 120 valence electrons. The molecule has 0 aliphatic carbocycles. The molecular weight excluding hydrogens is 292 g/mol. The molecule has 0 aliphatic rings. The highest BCUT2D eigenvalue weighted by Crippen LogP contribution is 2.20. The molecule has 1 aromatic carbocycles. The zero-order valence-electron chi connectivity index (χ0n) is 13.5. The van der Waals surface area contributed by atoms with E-state index in [2.05, 4.69) is 9.98 Å². The summed E-state index contributed by atoms with van der Waals surface area (Å²) in [6, 6.07) is 9.29. The molecule has 0 saturated carbocycles. The van der Waals surface area contributed by atoms with Crippen LogP contribution in [0.15, 0.2) is 46.6 Å². The van der Waals surface area contributed by atoms with Crippen LogP contribution in [0.25, 0.3) is 10.9 Å². The summed E-state index contributed by atoms with van der Waals surface area (Å²) in [5, 5.41) is 0.908. The summed E-state index contributed by atoms with van der Waals surface area (Å²) >= 11 is 0. The molecule has 4 N–H and O–H groups in total. The molecule has 6 heteroatoms. The highest BCUT2D eigenvalue weighted by atomic mass is 16.5. The lowest BCUT2D eigenvalue weighted by Crippen LogP contribution is -2.25. The Morgan fingerprint density at radius 1 is 1.26 bits per heavy atom. The van der Waals surface area contributed by atoms with Crippen LogP contribution in [-0.4, -0.2) is 30.3 Å². The summed E-state index contributed by atoms with van der Waals surface area (Å²) in [4.78, 5) is 20.3. The molecule has 0 saturated heterocycles. The number of pyridine rings is 1. The Morgan fingerprint density at radius 3 is 2.57 bits per heavy atom. The molecular formula is C17H20N4O2. The molecule has 1 amide bonds. The summed E-state index contributed by atoms with van der Waals surface area (Å²) in [6.45, 7) is 4.10. The van der Waals surface area contributed by atoms with Crippen molar-refractivity contribution in [2.24, 2.45) is 16.5 Å². The zero-order valence-corrected chi connectivity index (χ0v) is 13.5. The molecule has 0 bridgehead atoms. The third-order valence-electron chi connectivity index (χ3n) is 3.33. The summed E-state index contributed by atoms with van der Waals surface area (Å²) in [5.74, 6) is -0.0248. The molecule has 2 aromatic rings. The monoisotopic (exact) mass is 312 g/mol. The van der Waals surface area contributed by atoms with E-state index in [1.54, 1.807) is 20.0 Å². The number of benzene rings is 1. The number of amides is 1. The highest BCUT2D eigenvalue weighted by Gasteiger charge is 2.17. The van der Waals surface area contributed by atoms with Gasteiger partial charge in [0.15, 0.2) is 0 Å². The standard InChI is InChI=1S/C17H20N4O2/c1-4-23-14-8-6-11-9-12(5-7-13(11)21-14)16(20-3)15(10(2)18)17(19)22/h5-9H,4,18H2,1-3H3,(H2,19,22)/b15-10-,20-16?. The minimum Gasteiger partial charge on any atom is -0.478 e. The predicted octanol–water partition coefficient (Wildman–Crippen LogP) is 1.77. The lowest BCUT2D eigenvalue weighted by molar-refractivity contribution is -0.114. The van der Waals surface area contributed by atoms with Crippen molar-refractivity contribution in [2.75, 3.05) is 13.7 Å². The molecule has 23 heavy (non-hydrogen) atoms. The van der Waals surface area contributed by atoms with E-state index in [9.17, 15) is 4.79 Å². The van der Waals surface area contributed by atoms with Crippen LogP contribution in [0.1, 0.15) is 19.4 Å². The molecule has 1 heterocycles. The van der Waals surface area contributed by atoms with Gasteiger partial charge in [-0.1, -0.05) is 6.07 Å². The second kappa shape index (κ2) is 6.91. The SMILES string of the molecule is CCOc1ccc2cc(C(=NC)/C(C(N)=O)=C(\C)N)ccc2n1. The fourth-order valence-electron chi connectivity index (χ4n) is 2.37. The number of aromatic nitrogens is 1. The molecule has 1 aromatic heterocycles. The first kappa shape index (κ1) is 16.5. The summed E-state index contributed by atoms with van der Waals surface area (Å²) < 4.78 is 5.39. The Labute approximate surface area is 134 Å². The van der Waals surface area contributed by atoms with E-state index in [0.29, 0.717) is 23.9 Å². The third kappa shape index (κ3) is 3.48. The van der Waals surface area contributed by atoms with Crippen LogP contribution in [-0.2, 0) is 4.79 Å². The Bertz CT molecular complexity index is 805. The minimum absolute atomic E-state index is 0.228. The van der Waals surface area contributed by atoms with Crippen molar-refractivity contribution in [3.05, 3.63) is 47.2 Å². The second-order valence-electron chi connectivity index (χ2n) is 4.98. The molecule has 2 rings (SSSR count). The fourth-order valence-corrected chi connectivity index (χ4v) is 2.37. The van der Waals surface area contributed by atoms with Gasteiger partial charge in [-0.2, -0.15) is 0 Å². The van der Waals surface area contributed by atoms with Crippen LogP contribution in [0.3, 0.4) is 0 Å². The van der Waals surface area contributed by atoms with Gasteiger partial charge in [0.1, 0.15) is 0 Å². The number of allylic oxidation sites excluding steroid dienone is 1. The summed E-state index contributed by atoms with van der Waals surface area (Å²) in [7, 11) is 1.60. The van der Waals surface area contributed by atoms with Crippen LogP contribution in [0.2, 0.25) is 0 Å². The van der Waals surface area contributed by atoms with Gasteiger partial charge in [-0.3, -0.25) is 9.79 Å². The van der Waals surface area contributed by atoms with E-state index in [-0.39, 0.29) is 5.57 Å². The first-order chi connectivity index (χ1) is 11.0. The Kier molecular flexibility index (Phi) is 4.95. The van der Waals surface area contributed by atoms with Gasteiger partial charge >= 0.3 is 0 Å². The van der Waals surface area contributed by atoms with Gasteiger partial charge in [0, 0.05) is 29.8 Å². The zero-order chi connectivity index (χ0) is 17.0. The number of primary amides is 1. The Hall–Kier alpha value is -2.89. The van der Waals surface area contributed by atoms with Gasteiger partial charge < -0.3 is 16.2 Å². The van der Waals surface area contributed by atoms with Crippen molar-refractivity contribution in [1.82, 2.24) is 4.98 Å². The smallest absolute Gasteiger partial charge is 0.252 e. The maximum atomic E-state index is 11.7. The van der Waals surface area contributed by atoms with Gasteiger partial charge in [0.25, 0.3) is 5.91 Å². The van der Waals surface area contributed by atoms with Crippen molar-refractivity contribution < 1.29 is 9.53 Å². The highest BCUT2D eigenvalue weighted by molar-refractivity contribution is 6.28. The van der Waals surface area contributed by atoms with E-state index >= 15 is 0 Å². The van der Waals surface area contributed by atoms with Gasteiger partial charge in [0.05, 0.1) is 23.4 Å². The number of aliphatic imine (C=N–C) groups is 1. The van der Waals surface area contributed by atoms with Crippen LogP contribution in [0, 0.1) is 0 Å². The van der Waals surface area contributed by atoms with Crippen molar-refractivity contribution in [3.8, 4) is 5.88 Å². The Balaban J connectivity index is 2.53. The molecule has 0 atom stereocenters. The third-order valence-corrected chi connectivity index (χ3v) is 3.33. The molecule has 0 aliphatic heterocycles. The number of hydrogen-bond donors (Lipinski definition) is 2. The second-order valence-corrected chi connectivity index (χ2v) is 4.98. The number of ether oxygens (including phenoxy) is 1. The van der Waals surface area contributed by atoms with Crippen LogP contribution < -0.4 is 16.2 Å². The largest absolute Gasteiger partial charge is 0.478 e. The minimum atomic E-state index is -0.601. The number of nitrogens with zero attached hydrogens (tertiary/aromatic N) is 2. The number of carbonyl (C=O) groups excluding carboxylic acids is 1. The lowest BCUT2D eigenvalue weighted by Gasteiger charge is -2.11. The van der Waals surface area contributed by atoms with Crippen LogP contribution in [0.5, 0.6) is 5.88 Å². The number of hydrogen-bond acceptors (Lipinski definition) is 5. The molecule has 6 nitrogen and oxygen atoms in total. The first-order valence-corrected chi connectivity index (χ1v) is 7.25. The van der Waals surface area contributed by atoms with Crippen molar-refractivity contribution in [3.63, 3.8) is 0 Å². The van der Waals surface area contributed by atoms with Gasteiger partial charge in [-0.25, -0.2) is 4.98 Å². The molecule has 0 unspecified atom stereocenters. The van der Waals surface area contributed by atoms with Crippen molar-refractivity contribution in [2.45, 2.75) is 13.8 Å². The van der Waals surface area contributed by atoms with Crippen molar-refractivity contribution >= 4 is 22.5 Å². The predicted molar refractivity (Wildman–Crippen MR) is 91.5 cm³/mol. The van der Waals surface area contributed by atoms with Crippen molar-refractivity contribution in [1.29, 1.82) is 0 Å². The number of fused-ring (bicyclic) bond motifs is 1. The van der Waals surface area contributed by atoms with E-state index in [4.69, 9.17) is 16.2 Å². The van der Waals surface area contributed by atoms with Crippen LogP contribution in [0.4, 0.5) is 0 Å². The quantitative estimate of drug-likeness (QED) is 0.648. The van der Waals surface area contributed by atoms with Gasteiger partial charge in [-0.15, -0.1) is 0 Å². The lowest BCUT2D eigenvalue weighted by atomic mass is 9.98. The number of nitrogens with two attached hydrogens (primary N) is 2. The summed E-state index contributed by atoms with van der Waals surface area (Å²) in [6.07, 6.45) is 0. The van der Waals surface area contributed by atoms with E-state index in [0.717, 1.165) is 16.5 Å². The van der Waals surface area contributed by atoms with E-state index in [1.165, 1.54) is 0 Å². The number of rotatable bonds is 5. The molecule has 0 fully saturated rings. The average molecular weight is 312 g/mol. The Morgan fingerprint density at radius 2 is 2.00 bits per heavy atom. The first-order valence-electron chi connectivity index (χ1n) is 7.25. The summed E-state index contributed by atoms with van der Waals surface area (Å²) in [5.41, 5.74) is 13.8. The van der Waals surface area contributed by atoms with Crippen LogP contribution >= 0.6 is 0 Å². The number of carbonyl (C=O) groups is 1. The normalized spacial score (nSPS) is 12.9. The van der Waals surface area contributed by atoms with E-state index < -0.39 is 5.91 Å². The maximum absolute atomic E-state index is 11.7. The average Bonchev–Trinajstić information content (AvgIpc) is 2.51. The van der Waals surface area contributed by atoms with E-state index in [1.807, 2.05) is 31.2 Å². The molecule has 0 spiro atoms. The van der Waals surface area contributed by atoms with Gasteiger partial charge in [0.2, 0.25) is 5.88 Å². The molecule has 0 radical (unpaired) electrons. The van der Waals surface area contributed by atoms with Gasteiger partial charge in [-0.05, 0) is 32.0 Å². The topological polar surface area (TPSA) is 104 Å². The fraction of sp³-hybridized carbons (Fsp3) is 0.235.